The van der Waals surface area contributed by atoms with Gasteiger partial charge in [0.2, 0.25) is 0 Å². The third-order valence-corrected chi connectivity index (χ3v) is 3.01. The lowest BCUT2D eigenvalue weighted by Crippen LogP contribution is -2.18. The van der Waals surface area contributed by atoms with Crippen molar-refractivity contribution in [3.63, 3.8) is 0 Å². The monoisotopic (exact) mass is 285 g/mol. The maximum Gasteiger partial charge on any atom is 0.338 e. The summed E-state index contributed by atoms with van der Waals surface area (Å²) < 4.78 is 5.38. The van der Waals surface area contributed by atoms with Gasteiger partial charge >= 0.3 is 5.97 Å². The molecule has 0 aromatic heterocycles. The number of carbonyl (C=O) groups excluding carboxylic acids is 1. The Morgan fingerprint density at radius 1 is 1.19 bits per heavy atom. The zero-order valence-corrected chi connectivity index (χ0v) is 12.5. The Bertz CT molecular complexity index is 684. The quantitative estimate of drug-likeness (QED) is 0.403. The average Bonchev–Trinajstić information content (AvgIpc) is 2.44. The number of ether oxygens (including phenoxy) is 1. The minimum Gasteiger partial charge on any atom is -0.462 e. The molecule has 4 heteroatoms. The number of nitrogens with zero attached hydrogens (tertiary/aromatic N) is 1. The second-order valence-corrected chi connectivity index (χ2v) is 6.13. The fraction of sp³-hybridized carbons (Fsp3) is 0.294. The molecule has 0 fully saturated rings. The van der Waals surface area contributed by atoms with Gasteiger partial charge in [-0.25, -0.2) is 4.79 Å². The van der Waals surface area contributed by atoms with Crippen molar-refractivity contribution in [2.45, 2.75) is 20.8 Å². The van der Waals surface area contributed by atoms with Crippen LogP contribution in [0.5, 0.6) is 0 Å². The molecule has 2 aromatic carbocycles. The van der Waals surface area contributed by atoms with Gasteiger partial charge in [0.05, 0.1) is 18.4 Å². The Morgan fingerprint density at radius 3 is 2.52 bits per heavy atom. The lowest BCUT2D eigenvalue weighted by Gasteiger charge is -2.18. The summed E-state index contributed by atoms with van der Waals surface area (Å²) in [5, 5.41) is 13.4. The number of carbonyl (C=O) groups is 1. The van der Waals surface area contributed by atoms with Crippen LogP contribution in [0.2, 0.25) is 0 Å². The molecule has 2 rings (SSSR count). The van der Waals surface area contributed by atoms with Crippen LogP contribution in [-0.4, -0.2) is 24.0 Å². The van der Waals surface area contributed by atoms with Gasteiger partial charge in [0.1, 0.15) is 0 Å². The SMILES string of the molecule is CC(C)(C)COC(=O)c1cccc2c(/C=N/O)cccc12. The highest BCUT2D eigenvalue weighted by atomic mass is 16.5. The van der Waals surface area contributed by atoms with Gasteiger partial charge < -0.3 is 9.94 Å². The number of oxime groups is 1. The first-order valence-corrected chi connectivity index (χ1v) is 6.79. The molecule has 0 spiro atoms. The summed E-state index contributed by atoms with van der Waals surface area (Å²) >= 11 is 0. The van der Waals surface area contributed by atoms with E-state index in [1.807, 2.05) is 45.0 Å². The van der Waals surface area contributed by atoms with E-state index in [0.29, 0.717) is 12.2 Å². The van der Waals surface area contributed by atoms with Crippen molar-refractivity contribution in [2.75, 3.05) is 6.61 Å². The van der Waals surface area contributed by atoms with Crippen molar-refractivity contribution >= 4 is 23.0 Å². The van der Waals surface area contributed by atoms with Crippen LogP contribution in [-0.2, 0) is 4.74 Å². The standard InChI is InChI=1S/C17H19NO3/c1-17(2,3)11-21-16(19)15-9-5-7-13-12(10-18-20)6-4-8-14(13)15/h4-10,20H,11H2,1-3H3/b18-10+. The van der Waals surface area contributed by atoms with Crippen LogP contribution in [0, 0.1) is 5.41 Å². The molecule has 0 radical (unpaired) electrons. The predicted octanol–water partition coefficient (Wildman–Crippen LogP) is 3.85. The van der Waals surface area contributed by atoms with Crippen molar-refractivity contribution < 1.29 is 14.7 Å². The van der Waals surface area contributed by atoms with Gasteiger partial charge in [-0.05, 0) is 22.3 Å². The van der Waals surface area contributed by atoms with Crippen LogP contribution in [0.3, 0.4) is 0 Å². The first-order chi connectivity index (χ1) is 9.92. The average molecular weight is 285 g/mol. The molecule has 21 heavy (non-hydrogen) atoms. The molecule has 0 aliphatic rings. The summed E-state index contributed by atoms with van der Waals surface area (Å²) in [4.78, 5) is 12.3. The molecule has 0 aliphatic heterocycles. The second kappa shape index (κ2) is 5.95. The summed E-state index contributed by atoms with van der Waals surface area (Å²) in [5.41, 5.74) is 1.19. The van der Waals surface area contributed by atoms with Gasteiger partial charge in [-0.1, -0.05) is 56.3 Å². The molecule has 0 unspecified atom stereocenters. The van der Waals surface area contributed by atoms with Crippen LogP contribution in [0.1, 0.15) is 36.7 Å². The maximum atomic E-state index is 12.3. The van der Waals surface area contributed by atoms with E-state index in [-0.39, 0.29) is 11.4 Å². The lowest BCUT2D eigenvalue weighted by atomic mass is 9.98. The number of hydrogen-bond donors (Lipinski definition) is 1. The van der Waals surface area contributed by atoms with E-state index < -0.39 is 0 Å². The first kappa shape index (κ1) is 15.0. The zero-order valence-electron chi connectivity index (χ0n) is 12.5. The normalized spacial score (nSPS) is 12.0. The molecule has 110 valence electrons. The van der Waals surface area contributed by atoms with Crippen LogP contribution < -0.4 is 0 Å². The zero-order chi connectivity index (χ0) is 15.5. The second-order valence-electron chi connectivity index (χ2n) is 6.13. The molecule has 0 saturated carbocycles. The van der Waals surface area contributed by atoms with E-state index in [1.54, 1.807) is 12.1 Å². The Kier molecular flexibility index (Phi) is 4.26. The highest BCUT2D eigenvalue weighted by Crippen LogP contribution is 2.23. The van der Waals surface area contributed by atoms with Crippen molar-refractivity contribution in [3.05, 3.63) is 47.5 Å². The Hall–Kier alpha value is -2.36. The number of esters is 1. The molecule has 0 bridgehead atoms. The van der Waals surface area contributed by atoms with Gasteiger partial charge in [-0.15, -0.1) is 0 Å². The molecule has 2 aromatic rings. The van der Waals surface area contributed by atoms with E-state index in [0.717, 1.165) is 16.3 Å². The topological polar surface area (TPSA) is 58.9 Å². The molecule has 1 N–H and O–H groups in total. The summed E-state index contributed by atoms with van der Waals surface area (Å²) in [5.74, 6) is -0.339. The van der Waals surface area contributed by atoms with E-state index in [1.165, 1.54) is 6.21 Å². The minimum atomic E-state index is -0.339. The third-order valence-electron chi connectivity index (χ3n) is 3.01. The van der Waals surface area contributed by atoms with Gasteiger partial charge in [0, 0.05) is 5.56 Å². The highest BCUT2D eigenvalue weighted by Gasteiger charge is 2.17. The first-order valence-electron chi connectivity index (χ1n) is 6.79. The predicted molar refractivity (Wildman–Crippen MR) is 83.1 cm³/mol. The number of benzene rings is 2. The Labute approximate surface area is 124 Å². The van der Waals surface area contributed by atoms with Crippen molar-refractivity contribution in [2.24, 2.45) is 10.6 Å². The fourth-order valence-electron chi connectivity index (χ4n) is 2.05. The highest BCUT2D eigenvalue weighted by molar-refractivity contribution is 6.09. The number of fused-ring (bicyclic) bond motifs is 1. The molecule has 0 amide bonds. The fourth-order valence-corrected chi connectivity index (χ4v) is 2.05. The largest absolute Gasteiger partial charge is 0.462 e. The van der Waals surface area contributed by atoms with Crippen LogP contribution in [0.25, 0.3) is 10.8 Å². The van der Waals surface area contributed by atoms with Gasteiger partial charge in [-0.3, -0.25) is 0 Å². The Balaban J connectivity index is 2.41. The minimum absolute atomic E-state index is 0.0745. The lowest BCUT2D eigenvalue weighted by molar-refractivity contribution is 0.0369. The summed E-state index contributed by atoms with van der Waals surface area (Å²) in [6.45, 7) is 6.40. The molecule has 0 atom stereocenters. The van der Waals surface area contributed by atoms with Gasteiger partial charge in [-0.2, -0.15) is 0 Å². The van der Waals surface area contributed by atoms with Crippen molar-refractivity contribution in [3.8, 4) is 0 Å². The number of hydrogen-bond acceptors (Lipinski definition) is 4. The molecule has 0 heterocycles. The van der Waals surface area contributed by atoms with Gasteiger partial charge in [0.25, 0.3) is 0 Å². The molecule has 0 aliphatic carbocycles. The Morgan fingerprint density at radius 2 is 1.86 bits per heavy atom. The summed E-state index contributed by atoms with van der Waals surface area (Å²) in [6, 6.07) is 10.9. The van der Waals surface area contributed by atoms with Crippen molar-refractivity contribution in [1.29, 1.82) is 0 Å². The van der Waals surface area contributed by atoms with Crippen LogP contribution >= 0.6 is 0 Å². The maximum absolute atomic E-state index is 12.3. The van der Waals surface area contributed by atoms with E-state index in [4.69, 9.17) is 9.94 Å². The number of rotatable bonds is 3. The summed E-state index contributed by atoms with van der Waals surface area (Å²) in [6.07, 6.45) is 1.35. The van der Waals surface area contributed by atoms with E-state index >= 15 is 0 Å². The third kappa shape index (κ3) is 3.60. The van der Waals surface area contributed by atoms with Gasteiger partial charge in [0.15, 0.2) is 0 Å². The molecular formula is C17H19NO3. The van der Waals surface area contributed by atoms with E-state index in [2.05, 4.69) is 5.16 Å². The molecular weight excluding hydrogens is 266 g/mol. The molecule has 0 saturated heterocycles. The van der Waals surface area contributed by atoms with Crippen LogP contribution in [0.4, 0.5) is 0 Å². The smallest absolute Gasteiger partial charge is 0.338 e. The van der Waals surface area contributed by atoms with Crippen LogP contribution in [0.15, 0.2) is 41.6 Å². The molecule has 4 nitrogen and oxygen atoms in total. The summed E-state index contributed by atoms with van der Waals surface area (Å²) in [7, 11) is 0. The van der Waals surface area contributed by atoms with E-state index in [9.17, 15) is 4.79 Å². The van der Waals surface area contributed by atoms with Crippen molar-refractivity contribution in [1.82, 2.24) is 0 Å².